The van der Waals surface area contributed by atoms with Gasteiger partial charge in [-0.25, -0.2) is 0 Å². The second kappa shape index (κ2) is 5.58. The fourth-order valence-corrected chi connectivity index (χ4v) is 1.38. The molecule has 2 N–H and O–H groups in total. The molecule has 0 fully saturated rings. The summed E-state index contributed by atoms with van der Waals surface area (Å²) < 4.78 is 0. The maximum absolute atomic E-state index is 11.5. The van der Waals surface area contributed by atoms with Crippen molar-refractivity contribution in [1.82, 2.24) is 10.2 Å². The molecule has 2 aromatic rings. The predicted molar refractivity (Wildman–Crippen MR) is 69.3 cm³/mol. The molecule has 0 aliphatic heterocycles. The van der Waals surface area contributed by atoms with Gasteiger partial charge >= 0.3 is 0 Å². The number of aromatic nitrogens is 2. The maximum Gasteiger partial charge on any atom is 0.269 e. The van der Waals surface area contributed by atoms with Gasteiger partial charge in [0, 0.05) is 24.4 Å². The summed E-state index contributed by atoms with van der Waals surface area (Å²) in [5, 5.41) is 19.3. The Labute approximate surface area is 108 Å². The molecule has 2 rings (SSSR count). The lowest BCUT2D eigenvalue weighted by Gasteiger charge is -1.96. The number of benzene rings is 1. The van der Waals surface area contributed by atoms with Gasteiger partial charge in [0.25, 0.3) is 5.69 Å². The molecule has 96 valence electrons. The number of hydrogen-bond donors (Lipinski definition) is 2. The quantitative estimate of drug-likeness (QED) is 0.497. The average molecular weight is 258 g/mol. The van der Waals surface area contributed by atoms with Gasteiger partial charge in [-0.05, 0) is 23.8 Å². The lowest BCUT2D eigenvalue weighted by molar-refractivity contribution is -0.384. The van der Waals surface area contributed by atoms with Gasteiger partial charge in [0.15, 0.2) is 0 Å². The van der Waals surface area contributed by atoms with Crippen molar-refractivity contribution in [3.63, 3.8) is 0 Å². The summed E-state index contributed by atoms with van der Waals surface area (Å²) >= 11 is 0. The van der Waals surface area contributed by atoms with E-state index in [2.05, 4.69) is 15.5 Å². The number of aromatic amines is 1. The van der Waals surface area contributed by atoms with Crippen LogP contribution >= 0.6 is 0 Å². The largest absolute Gasteiger partial charge is 0.320 e. The van der Waals surface area contributed by atoms with Crippen LogP contribution in [0.3, 0.4) is 0 Å². The van der Waals surface area contributed by atoms with Crippen molar-refractivity contribution in [2.75, 3.05) is 5.32 Å². The lowest BCUT2D eigenvalue weighted by atomic mass is 10.2. The fraction of sp³-hybridized carbons (Fsp3) is 0. The van der Waals surface area contributed by atoms with Crippen molar-refractivity contribution in [3.05, 3.63) is 58.4 Å². The third-order valence-electron chi connectivity index (χ3n) is 2.30. The molecule has 0 saturated carbocycles. The highest BCUT2D eigenvalue weighted by Gasteiger charge is 2.03. The Balaban J connectivity index is 1.98. The van der Waals surface area contributed by atoms with Crippen LogP contribution in [0.25, 0.3) is 6.08 Å². The number of H-pyrrole nitrogens is 1. The van der Waals surface area contributed by atoms with Gasteiger partial charge in [0.2, 0.25) is 5.91 Å². The molecular formula is C12H10N4O3. The number of anilines is 1. The van der Waals surface area contributed by atoms with Crippen molar-refractivity contribution in [1.29, 1.82) is 0 Å². The number of rotatable bonds is 4. The number of hydrogen-bond acceptors (Lipinski definition) is 4. The summed E-state index contributed by atoms with van der Waals surface area (Å²) in [6.45, 7) is 0. The van der Waals surface area contributed by atoms with Gasteiger partial charge in [-0.3, -0.25) is 20.0 Å². The zero-order valence-corrected chi connectivity index (χ0v) is 9.74. The predicted octanol–water partition coefficient (Wildman–Crippen LogP) is 1.97. The molecule has 1 aromatic carbocycles. The van der Waals surface area contributed by atoms with E-state index in [4.69, 9.17) is 0 Å². The highest BCUT2D eigenvalue weighted by atomic mass is 16.6. The summed E-state index contributed by atoms with van der Waals surface area (Å²) in [6.07, 6.45) is 5.95. The molecule has 0 aliphatic rings. The number of nitro groups is 1. The van der Waals surface area contributed by atoms with Gasteiger partial charge in [0.1, 0.15) is 0 Å². The van der Waals surface area contributed by atoms with Gasteiger partial charge in [-0.1, -0.05) is 0 Å². The molecule has 0 aliphatic carbocycles. The Morgan fingerprint density at radius 3 is 2.68 bits per heavy atom. The molecule has 1 heterocycles. The van der Waals surface area contributed by atoms with Crippen LogP contribution in [0.2, 0.25) is 0 Å². The summed E-state index contributed by atoms with van der Waals surface area (Å²) in [5.74, 6) is -0.306. The molecule has 0 saturated heterocycles. The highest BCUT2D eigenvalue weighted by molar-refractivity contribution is 6.01. The van der Waals surface area contributed by atoms with Crippen LogP contribution in [0.1, 0.15) is 5.56 Å². The Morgan fingerprint density at radius 2 is 2.11 bits per heavy atom. The molecule has 1 amide bonds. The van der Waals surface area contributed by atoms with E-state index >= 15 is 0 Å². The second-order valence-electron chi connectivity index (χ2n) is 3.66. The normalized spacial score (nSPS) is 10.5. The van der Waals surface area contributed by atoms with Crippen molar-refractivity contribution in [2.45, 2.75) is 0 Å². The summed E-state index contributed by atoms with van der Waals surface area (Å²) in [5.41, 5.74) is 1.28. The maximum atomic E-state index is 11.5. The standard InChI is InChI=1S/C12H10N4O3/c17-12(15-10-7-13-14-8-10)6-3-9-1-4-11(5-2-9)16(18)19/h1-8H,(H,13,14)(H,15,17)/b6-3+. The number of carbonyl (C=O) groups excluding carboxylic acids is 1. The first-order chi connectivity index (χ1) is 9.15. The first-order valence-corrected chi connectivity index (χ1v) is 5.37. The minimum atomic E-state index is -0.473. The van der Waals surface area contributed by atoms with Crippen LogP contribution < -0.4 is 5.32 Å². The topological polar surface area (TPSA) is 101 Å². The third-order valence-corrected chi connectivity index (χ3v) is 2.30. The van der Waals surface area contributed by atoms with E-state index in [1.807, 2.05) is 0 Å². The zero-order valence-electron chi connectivity index (χ0n) is 9.74. The van der Waals surface area contributed by atoms with Crippen molar-refractivity contribution in [2.24, 2.45) is 0 Å². The van der Waals surface area contributed by atoms with E-state index in [1.165, 1.54) is 24.4 Å². The van der Waals surface area contributed by atoms with Crippen molar-refractivity contribution < 1.29 is 9.72 Å². The van der Waals surface area contributed by atoms with Gasteiger partial charge in [-0.2, -0.15) is 5.10 Å². The third kappa shape index (κ3) is 3.50. The molecule has 0 unspecified atom stereocenters. The molecule has 0 atom stereocenters. The molecule has 19 heavy (non-hydrogen) atoms. The molecule has 1 aromatic heterocycles. The first-order valence-electron chi connectivity index (χ1n) is 5.37. The number of nitro benzene ring substituents is 1. The number of amides is 1. The minimum Gasteiger partial charge on any atom is -0.320 e. The van der Waals surface area contributed by atoms with E-state index in [0.29, 0.717) is 11.3 Å². The van der Waals surface area contributed by atoms with Crippen LogP contribution in [0.5, 0.6) is 0 Å². The van der Waals surface area contributed by atoms with Crippen LogP contribution in [0.4, 0.5) is 11.4 Å². The van der Waals surface area contributed by atoms with Crippen LogP contribution in [-0.2, 0) is 4.79 Å². The minimum absolute atomic E-state index is 0.0139. The van der Waals surface area contributed by atoms with Crippen molar-refractivity contribution >= 4 is 23.4 Å². The van der Waals surface area contributed by atoms with Crippen LogP contribution in [-0.4, -0.2) is 21.0 Å². The molecule has 7 nitrogen and oxygen atoms in total. The zero-order chi connectivity index (χ0) is 13.7. The Morgan fingerprint density at radius 1 is 1.37 bits per heavy atom. The molecule has 7 heteroatoms. The Kier molecular flexibility index (Phi) is 3.67. The Bertz CT molecular complexity index is 602. The number of nitrogens with one attached hydrogen (secondary N) is 2. The van der Waals surface area contributed by atoms with E-state index < -0.39 is 4.92 Å². The molecular weight excluding hydrogens is 248 g/mol. The fourth-order valence-electron chi connectivity index (χ4n) is 1.38. The van der Waals surface area contributed by atoms with E-state index in [-0.39, 0.29) is 11.6 Å². The lowest BCUT2D eigenvalue weighted by Crippen LogP contribution is -2.06. The number of carbonyl (C=O) groups is 1. The molecule has 0 radical (unpaired) electrons. The summed E-state index contributed by atoms with van der Waals surface area (Å²) in [4.78, 5) is 21.5. The monoisotopic (exact) mass is 258 g/mol. The average Bonchev–Trinajstić information content (AvgIpc) is 2.89. The van der Waals surface area contributed by atoms with Gasteiger partial charge < -0.3 is 5.32 Å². The summed E-state index contributed by atoms with van der Waals surface area (Å²) in [6, 6.07) is 5.90. The first kappa shape index (κ1) is 12.5. The molecule has 0 spiro atoms. The van der Waals surface area contributed by atoms with Crippen molar-refractivity contribution in [3.8, 4) is 0 Å². The van der Waals surface area contributed by atoms with Gasteiger partial charge in [0.05, 0.1) is 16.8 Å². The summed E-state index contributed by atoms with van der Waals surface area (Å²) in [7, 11) is 0. The molecule has 0 bridgehead atoms. The highest BCUT2D eigenvalue weighted by Crippen LogP contribution is 2.12. The van der Waals surface area contributed by atoms with Crippen LogP contribution in [0, 0.1) is 10.1 Å². The smallest absolute Gasteiger partial charge is 0.269 e. The number of non-ortho nitro benzene ring substituents is 1. The second-order valence-corrected chi connectivity index (χ2v) is 3.66. The van der Waals surface area contributed by atoms with E-state index in [0.717, 1.165) is 0 Å². The van der Waals surface area contributed by atoms with E-state index in [1.54, 1.807) is 24.4 Å². The van der Waals surface area contributed by atoms with Crippen LogP contribution in [0.15, 0.2) is 42.7 Å². The number of nitrogens with zero attached hydrogens (tertiary/aromatic N) is 2. The van der Waals surface area contributed by atoms with Gasteiger partial charge in [-0.15, -0.1) is 0 Å². The Hall–Kier alpha value is -2.96. The SMILES string of the molecule is O=C(/C=C/c1ccc([N+](=O)[O-])cc1)Nc1cn[nH]c1. The van der Waals surface area contributed by atoms with E-state index in [9.17, 15) is 14.9 Å².